The van der Waals surface area contributed by atoms with Crippen molar-refractivity contribution in [2.75, 3.05) is 11.9 Å². The Labute approximate surface area is 92.9 Å². The van der Waals surface area contributed by atoms with E-state index in [1.165, 1.54) is 6.42 Å². The van der Waals surface area contributed by atoms with Crippen molar-refractivity contribution >= 4 is 5.82 Å². The molecule has 0 radical (unpaired) electrons. The van der Waals surface area contributed by atoms with Crippen molar-refractivity contribution in [1.82, 2.24) is 9.78 Å². The summed E-state index contributed by atoms with van der Waals surface area (Å²) in [6.07, 6.45) is 3.23. The van der Waals surface area contributed by atoms with Crippen LogP contribution < -0.4 is 5.32 Å². The minimum atomic E-state index is 0.658. The predicted molar refractivity (Wildman–Crippen MR) is 65.0 cm³/mol. The SMILES string of the molecule is CC(C)CCn1ccc(NCC(C)C)n1. The number of nitrogens with one attached hydrogen (secondary N) is 1. The van der Waals surface area contributed by atoms with Gasteiger partial charge >= 0.3 is 0 Å². The lowest BCUT2D eigenvalue weighted by molar-refractivity contribution is 0.487. The molecule has 3 nitrogen and oxygen atoms in total. The molecule has 1 aromatic rings. The van der Waals surface area contributed by atoms with Gasteiger partial charge in [0.2, 0.25) is 0 Å². The lowest BCUT2D eigenvalue weighted by Crippen LogP contribution is -2.09. The minimum absolute atomic E-state index is 0.658. The summed E-state index contributed by atoms with van der Waals surface area (Å²) in [5, 5.41) is 7.78. The van der Waals surface area contributed by atoms with Crippen molar-refractivity contribution in [3.63, 3.8) is 0 Å². The van der Waals surface area contributed by atoms with Gasteiger partial charge in [0.15, 0.2) is 0 Å². The van der Waals surface area contributed by atoms with E-state index in [4.69, 9.17) is 0 Å². The summed E-state index contributed by atoms with van der Waals surface area (Å²) >= 11 is 0. The molecule has 0 spiro atoms. The highest BCUT2D eigenvalue weighted by molar-refractivity contribution is 5.31. The maximum absolute atomic E-state index is 4.46. The summed E-state index contributed by atoms with van der Waals surface area (Å²) in [7, 11) is 0. The van der Waals surface area contributed by atoms with E-state index in [1.807, 2.05) is 16.9 Å². The summed E-state index contributed by atoms with van der Waals surface area (Å²) in [4.78, 5) is 0. The van der Waals surface area contributed by atoms with Crippen molar-refractivity contribution in [3.05, 3.63) is 12.3 Å². The predicted octanol–water partition coefficient (Wildman–Crippen LogP) is 3.00. The number of nitrogens with zero attached hydrogens (tertiary/aromatic N) is 2. The molecular weight excluding hydrogens is 186 g/mol. The molecule has 0 atom stereocenters. The molecule has 86 valence electrons. The fourth-order valence-electron chi connectivity index (χ4n) is 1.28. The van der Waals surface area contributed by atoms with Crippen LogP contribution in [0.3, 0.4) is 0 Å². The molecular formula is C12H23N3. The molecule has 0 aliphatic carbocycles. The summed E-state index contributed by atoms with van der Waals surface area (Å²) in [6.45, 7) is 10.9. The Bertz CT molecular complexity index is 250. The van der Waals surface area contributed by atoms with Gasteiger partial charge in [0.25, 0.3) is 0 Å². The van der Waals surface area contributed by atoms with Crippen LogP contribution in [0.1, 0.15) is 34.1 Å². The van der Waals surface area contributed by atoms with Crippen LogP contribution in [-0.2, 0) is 6.54 Å². The van der Waals surface area contributed by atoms with Gasteiger partial charge in [-0.15, -0.1) is 0 Å². The lowest BCUT2D eigenvalue weighted by Gasteiger charge is -2.06. The number of hydrogen-bond donors (Lipinski definition) is 1. The van der Waals surface area contributed by atoms with Gasteiger partial charge in [-0.05, 0) is 18.3 Å². The molecule has 0 bridgehead atoms. The summed E-state index contributed by atoms with van der Waals surface area (Å²) in [6, 6.07) is 2.04. The van der Waals surface area contributed by atoms with Crippen molar-refractivity contribution in [2.45, 2.75) is 40.7 Å². The molecule has 0 amide bonds. The maximum atomic E-state index is 4.46. The Morgan fingerprint density at radius 2 is 2.00 bits per heavy atom. The number of aryl methyl sites for hydroxylation is 1. The van der Waals surface area contributed by atoms with E-state index in [0.717, 1.165) is 24.8 Å². The van der Waals surface area contributed by atoms with Crippen molar-refractivity contribution in [2.24, 2.45) is 11.8 Å². The van der Waals surface area contributed by atoms with Crippen molar-refractivity contribution < 1.29 is 0 Å². The Morgan fingerprint density at radius 1 is 1.27 bits per heavy atom. The molecule has 3 heteroatoms. The van der Waals surface area contributed by atoms with Gasteiger partial charge in [0.05, 0.1) is 0 Å². The highest BCUT2D eigenvalue weighted by Gasteiger charge is 2.00. The van der Waals surface area contributed by atoms with Crippen molar-refractivity contribution in [3.8, 4) is 0 Å². The summed E-state index contributed by atoms with van der Waals surface area (Å²) in [5.41, 5.74) is 0. The summed E-state index contributed by atoms with van der Waals surface area (Å²) < 4.78 is 2.02. The topological polar surface area (TPSA) is 29.9 Å². The first-order chi connectivity index (χ1) is 7.08. The first-order valence-corrected chi connectivity index (χ1v) is 5.85. The van der Waals surface area contributed by atoms with Gasteiger partial charge in [-0.25, -0.2) is 0 Å². The molecule has 0 aliphatic rings. The highest BCUT2D eigenvalue weighted by Crippen LogP contribution is 2.06. The van der Waals surface area contributed by atoms with E-state index >= 15 is 0 Å². The first kappa shape index (κ1) is 12.1. The van der Waals surface area contributed by atoms with E-state index in [9.17, 15) is 0 Å². The van der Waals surface area contributed by atoms with E-state index in [0.29, 0.717) is 5.92 Å². The smallest absolute Gasteiger partial charge is 0.147 e. The number of anilines is 1. The summed E-state index contributed by atoms with van der Waals surface area (Å²) in [5.74, 6) is 2.39. The molecule has 0 aliphatic heterocycles. The van der Waals surface area contributed by atoms with Crippen LogP contribution in [0.25, 0.3) is 0 Å². The largest absolute Gasteiger partial charge is 0.368 e. The average molecular weight is 209 g/mol. The van der Waals surface area contributed by atoms with E-state index in [2.05, 4.69) is 38.1 Å². The third-order valence-electron chi connectivity index (χ3n) is 2.27. The maximum Gasteiger partial charge on any atom is 0.147 e. The Hall–Kier alpha value is -0.990. The number of aromatic nitrogens is 2. The fraction of sp³-hybridized carbons (Fsp3) is 0.750. The zero-order valence-corrected chi connectivity index (χ0v) is 10.3. The van der Waals surface area contributed by atoms with Crippen LogP contribution in [0, 0.1) is 11.8 Å². The quantitative estimate of drug-likeness (QED) is 0.780. The van der Waals surface area contributed by atoms with E-state index < -0.39 is 0 Å². The molecule has 1 N–H and O–H groups in total. The van der Waals surface area contributed by atoms with Gasteiger partial charge in [-0.2, -0.15) is 5.10 Å². The van der Waals surface area contributed by atoms with E-state index in [1.54, 1.807) is 0 Å². The second-order valence-electron chi connectivity index (χ2n) is 4.92. The van der Waals surface area contributed by atoms with E-state index in [-0.39, 0.29) is 0 Å². The zero-order chi connectivity index (χ0) is 11.3. The minimum Gasteiger partial charge on any atom is -0.368 e. The van der Waals surface area contributed by atoms with Gasteiger partial charge in [0, 0.05) is 25.4 Å². The van der Waals surface area contributed by atoms with Crippen molar-refractivity contribution in [1.29, 1.82) is 0 Å². The van der Waals surface area contributed by atoms with Crippen LogP contribution in [-0.4, -0.2) is 16.3 Å². The zero-order valence-electron chi connectivity index (χ0n) is 10.3. The molecule has 0 saturated heterocycles. The normalized spacial score (nSPS) is 11.3. The third kappa shape index (κ3) is 4.86. The Balaban J connectivity index is 2.35. The average Bonchev–Trinajstić information content (AvgIpc) is 2.59. The number of rotatable bonds is 6. The van der Waals surface area contributed by atoms with Gasteiger partial charge in [-0.3, -0.25) is 4.68 Å². The molecule has 0 saturated carbocycles. The Morgan fingerprint density at radius 3 is 2.60 bits per heavy atom. The van der Waals surface area contributed by atoms with Gasteiger partial charge in [-0.1, -0.05) is 27.7 Å². The molecule has 1 aromatic heterocycles. The number of hydrogen-bond acceptors (Lipinski definition) is 2. The molecule has 0 unspecified atom stereocenters. The van der Waals surface area contributed by atoms with Gasteiger partial charge in [0.1, 0.15) is 5.82 Å². The molecule has 0 fully saturated rings. The molecule has 15 heavy (non-hydrogen) atoms. The molecule has 1 heterocycles. The highest BCUT2D eigenvalue weighted by atomic mass is 15.3. The fourth-order valence-corrected chi connectivity index (χ4v) is 1.28. The first-order valence-electron chi connectivity index (χ1n) is 5.85. The van der Waals surface area contributed by atoms with Gasteiger partial charge < -0.3 is 5.32 Å². The Kier molecular flexibility index (Phi) is 4.66. The van der Waals surface area contributed by atoms with Crippen LogP contribution in [0.5, 0.6) is 0 Å². The van der Waals surface area contributed by atoms with Crippen LogP contribution in [0.15, 0.2) is 12.3 Å². The van der Waals surface area contributed by atoms with Crippen LogP contribution >= 0.6 is 0 Å². The van der Waals surface area contributed by atoms with Crippen LogP contribution in [0.2, 0.25) is 0 Å². The second kappa shape index (κ2) is 5.79. The molecule has 0 aromatic carbocycles. The standard InChI is InChI=1S/C12H23N3/c1-10(2)5-7-15-8-6-12(14-15)13-9-11(3)4/h6,8,10-11H,5,7,9H2,1-4H3,(H,13,14). The third-order valence-corrected chi connectivity index (χ3v) is 2.27. The lowest BCUT2D eigenvalue weighted by atomic mass is 10.1. The van der Waals surface area contributed by atoms with Crippen LogP contribution in [0.4, 0.5) is 5.82 Å². The second-order valence-corrected chi connectivity index (χ2v) is 4.92. The molecule has 1 rings (SSSR count). The monoisotopic (exact) mass is 209 g/mol.